The molecule has 80 valence electrons. The van der Waals surface area contributed by atoms with Gasteiger partial charge in [0.25, 0.3) is 0 Å². The number of nitrogens with zero attached hydrogens (tertiary/aromatic N) is 1. The molecular formula is C11H14N2S2. The third kappa shape index (κ3) is 2.87. The van der Waals surface area contributed by atoms with Crippen molar-refractivity contribution in [3.63, 3.8) is 0 Å². The van der Waals surface area contributed by atoms with Crippen LogP contribution in [0.2, 0.25) is 0 Å². The Hall–Kier alpha value is -0.710. The summed E-state index contributed by atoms with van der Waals surface area (Å²) in [6.07, 6.45) is 0. The van der Waals surface area contributed by atoms with E-state index >= 15 is 0 Å². The summed E-state index contributed by atoms with van der Waals surface area (Å²) < 4.78 is 0. The lowest BCUT2D eigenvalue weighted by atomic mass is 10.4. The summed E-state index contributed by atoms with van der Waals surface area (Å²) in [7, 11) is 0. The summed E-state index contributed by atoms with van der Waals surface area (Å²) in [5.41, 5.74) is 1.11. The minimum Gasteiger partial charge on any atom is -0.308 e. The maximum absolute atomic E-state index is 4.59. The van der Waals surface area contributed by atoms with Gasteiger partial charge in [-0.15, -0.1) is 22.7 Å². The van der Waals surface area contributed by atoms with Crippen LogP contribution in [-0.4, -0.2) is 11.0 Å². The Bertz CT molecular complexity index is 404. The molecule has 0 amide bonds. The van der Waals surface area contributed by atoms with Gasteiger partial charge in [0.15, 0.2) is 0 Å². The monoisotopic (exact) mass is 238 g/mol. The number of rotatable bonds is 4. The number of hydrogen-bond donors (Lipinski definition) is 1. The predicted octanol–water partition coefficient (Wildman–Crippen LogP) is 3.37. The first-order valence-electron chi connectivity index (χ1n) is 4.97. The van der Waals surface area contributed by atoms with Crippen molar-refractivity contribution in [1.82, 2.24) is 10.3 Å². The second kappa shape index (κ2) is 4.88. The zero-order chi connectivity index (χ0) is 10.7. The van der Waals surface area contributed by atoms with Crippen molar-refractivity contribution in [3.8, 4) is 10.6 Å². The van der Waals surface area contributed by atoms with Crippen LogP contribution in [0.5, 0.6) is 0 Å². The van der Waals surface area contributed by atoms with Crippen molar-refractivity contribution >= 4 is 22.7 Å². The van der Waals surface area contributed by atoms with Crippen molar-refractivity contribution < 1.29 is 0 Å². The Kier molecular flexibility index (Phi) is 3.51. The minimum absolute atomic E-state index is 0.513. The highest BCUT2D eigenvalue weighted by Gasteiger charge is 2.05. The molecule has 0 radical (unpaired) electrons. The zero-order valence-corrected chi connectivity index (χ0v) is 10.5. The second-order valence-electron chi connectivity index (χ2n) is 3.64. The highest BCUT2D eigenvalue weighted by molar-refractivity contribution is 7.14. The third-order valence-electron chi connectivity index (χ3n) is 1.99. The summed E-state index contributed by atoms with van der Waals surface area (Å²) >= 11 is 3.46. The highest BCUT2D eigenvalue weighted by atomic mass is 32.1. The van der Waals surface area contributed by atoms with E-state index in [9.17, 15) is 0 Å². The van der Waals surface area contributed by atoms with E-state index in [0.29, 0.717) is 6.04 Å². The molecule has 0 aliphatic carbocycles. The van der Waals surface area contributed by atoms with E-state index in [0.717, 1.165) is 17.2 Å². The number of thiazole rings is 1. The first-order chi connectivity index (χ1) is 7.25. The first-order valence-corrected chi connectivity index (χ1v) is 6.73. The van der Waals surface area contributed by atoms with E-state index in [1.54, 1.807) is 22.7 Å². The van der Waals surface area contributed by atoms with Crippen LogP contribution >= 0.6 is 22.7 Å². The van der Waals surface area contributed by atoms with E-state index in [1.165, 1.54) is 4.88 Å². The molecule has 2 rings (SSSR count). The van der Waals surface area contributed by atoms with E-state index in [4.69, 9.17) is 0 Å². The van der Waals surface area contributed by atoms with Gasteiger partial charge in [0.2, 0.25) is 0 Å². The van der Waals surface area contributed by atoms with Gasteiger partial charge in [-0.1, -0.05) is 19.9 Å². The molecule has 0 aromatic carbocycles. The third-order valence-corrected chi connectivity index (χ3v) is 3.73. The van der Waals surface area contributed by atoms with Crippen LogP contribution in [0.1, 0.15) is 18.9 Å². The van der Waals surface area contributed by atoms with Gasteiger partial charge >= 0.3 is 0 Å². The Labute approximate surface area is 98.0 Å². The van der Waals surface area contributed by atoms with Crippen LogP contribution in [0.25, 0.3) is 10.6 Å². The summed E-state index contributed by atoms with van der Waals surface area (Å²) in [6.45, 7) is 5.16. The molecule has 2 nitrogen and oxygen atoms in total. The first kappa shape index (κ1) is 10.8. The fourth-order valence-corrected chi connectivity index (χ4v) is 2.73. The van der Waals surface area contributed by atoms with E-state index < -0.39 is 0 Å². The molecule has 2 aromatic heterocycles. The number of nitrogens with one attached hydrogen (secondary N) is 1. The van der Waals surface area contributed by atoms with Gasteiger partial charge in [-0.25, -0.2) is 4.98 Å². The van der Waals surface area contributed by atoms with Crippen LogP contribution in [0.3, 0.4) is 0 Å². The van der Waals surface area contributed by atoms with Gasteiger partial charge in [0.05, 0.1) is 10.6 Å². The molecule has 0 aliphatic rings. The van der Waals surface area contributed by atoms with Crippen molar-refractivity contribution in [1.29, 1.82) is 0 Å². The van der Waals surface area contributed by atoms with Gasteiger partial charge in [-0.2, -0.15) is 0 Å². The molecule has 0 aliphatic heterocycles. The summed E-state index contributed by atoms with van der Waals surface area (Å²) in [5.74, 6) is 0. The van der Waals surface area contributed by atoms with Gasteiger partial charge in [-0.3, -0.25) is 0 Å². The Morgan fingerprint density at radius 3 is 2.93 bits per heavy atom. The molecule has 0 spiro atoms. The van der Waals surface area contributed by atoms with Crippen LogP contribution in [0.4, 0.5) is 0 Å². The second-order valence-corrected chi connectivity index (χ2v) is 5.53. The van der Waals surface area contributed by atoms with Gasteiger partial charge < -0.3 is 5.32 Å². The molecule has 2 heterocycles. The van der Waals surface area contributed by atoms with E-state index in [-0.39, 0.29) is 0 Å². The zero-order valence-electron chi connectivity index (χ0n) is 8.86. The maximum Gasteiger partial charge on any atom is 0.107 e. The lowest BCUT2D eigenvalue weighted by Crippen LogP contribution is -2.21. The number of aromatic nitrogens is 1. The fourth-order valence-electron chi connectivity index (χ4n) is 1.22. The van der Waals surface area contributed by atoms with Gasteiger partial charge in [-0.05, 0) is 11.4 Å². The largest absolute Gasteiger partial charge is 0.308 e. The smallest absolute Gasteiger partial charge is 0.107 e. The number of hydrogen-bond acceptors (Lipinski definition) is 4. The molecule has 0 bridgehead atoms. The molecule has 15 heavy (non-hydrogen) atoms. The quantitative estimate of drug-likeness (QED) is 0.883. The molecular weight excluding hydrogens is 224 g/mol. The lowest BCUT2D eigenvalue weighted by Gasteiger charge is -2.04. The van der Waals surface area contributed by atoms with Crippen LogP contribution in [0.15, 0.2) is 22.9 Å². The molecule has 2 aromatic rings. The van der Waals surface area contributed by atoms with Crippen molar-refractivity contribution in [2.75, 3.05) is 0 Å². The molecule has 1 N–H and O–H groups in total. The SMILES string of the molecule is CC(C)NCc1nc(-c2cccs2)cs1. The topological polar surface area (TPSA) is 24.9 Å². The molecule has 0 atom stereocenters. The lowest BCUT2D eigenvalue weighted by molar-refractivity contribution is 0.587. The predicted molar refractivity (Wildman–Crippen MR) is 67.4 cm³/mol. The minimum atomic E-state index is 0.513. The maximum atomic E-state index is 4.59. The Balaban J connectivity index is 2.04. The summed E-state index contributed by atoms with van der Waals surface area (Å²) in [4.78, 5) is 5.84. The molecule has 0 unspecified atom stereocenters. The standard InChI is InChI=1S/C11H14N2S2/c1-8(2)12-6-11-13-9(7-15-11)10-4-3-5-14-10/h3-5,7-8,12H,6H2,1-2H3. The summed E-state index contributed by atoms with van der Waals surface area (Å²) in [6, 6.07) is 4.68. The van der Waals surface area contributed by atoms with Crippen LogP contribution in [0, 0.1) is 0 Å². The van der Waals surface area contributed by atoms with E-state index in [2.05, 4.69) is 47.0 Å². The van der Waals surface area contributed by atoms with Gasteiger partial charge in [0, 0.05) is 18.0 Å². The van der Waals surface area contributed by atoms with Crippen molar-refractivity contribution in [2.45, 2.75) is 26.4 Å². The average Bonchev–Trinajstić information content (AvgIpc) is 2.85. The van der Waals surface area contributed by atoms with Crippen LogP contribution in [-0.2, 0) is 6.54 Å². The van der Waals surface area contributed by atoms with E-state index in [1.807, 2.05) is 0 Å². The number of thiophene rings is 1. The Morgan fingerprint density at radius 1 is 1.40 bits per heavy atom. The summed E-state index contributed by atoms with van der Waals surface area (Å²) in [5, 5.41) is 8.74. The van der Waals surface area contributed by atoms with Crippen LogP contribution < -0.4 is 5.32 Å². The molecule has 0 saturated heterocycles. The molecule has 4 heteroatoms. The van der Waals surface area contributed by atoms with Gasteiger partial charge in [0.1, 0.15) is 5.01 Å². The molecule has 0 saturated carbocycles. The Morgan fingerprint density at radius 2 is 2.27 bits per heavy atom. The highest BCUT2D eigenvalue weighted by Crippen LogP contribution is 2.25. The van der Waals surface area contributed by atoms with Crippen molar-refractivity contribution in [3.05, 3.63) is 27.9 Å². The molecule has 0 fully saturated rings. The normalized spacial score (nSPS) is 11.1. The average molecular weight is 238 g/mol. The van der Waals surface area contributed by atoms with Crippen molar-refractivity contribution in [2.24, 2.45) is 0 Å². The fraction of sp³-hybridized carbons (Fsp3) is 0.364.